The number of H-pyrrole nitrogens is 1. The molecule has 1 aliphatic rings. The molecular weight excluding hydrogens is 256 g/mol. The van der Waals surface area contributed by atoms with Gasteiger partial charge >= 0.3 is 5.97 Å². The number of aryl methyl sites for hydroxylation is 1. The van der Waals surface area contributed by atoms with E-state index in [0.717, 1.165) is 30.6 Å². The molecule has 0 radical (unpaired) electrons. The maximum Gasteiger partial charge on any atom is 0.353 e. The molecule has 0 amide bonds. The van der Waals surface area contributed by atoms with Gasteiger partial charge in [0.1, 0.15) is 11.4 Å². The molecule has 0 atom stereocenters. The van der Waals surface area contributed by atoms with Crippen LogP contribution >= 0.6 is 0 Å². The molecule has 0 saturated carbocycles. The van der Waals surface area contributed by atoms with Gasteiger partial charge in [0.15, 0.2) is 0 Å². The Morgan fingerprint density at radius 3 is 2.85 bits per heavy atom. The van der Waals surface area contributed by atoms with Crippen LogP contribution < -0.4 is 4.74 Å². The number of fused-ring (bicyclic) bond motifs is 1. The Kier molecular flexibility index (Phi) is 3.18. The van der Waals surface area contributed by atoms with E-state index in [2.05, 4.69) is 16.3 Å². The summed E-state index contributed by atoms with van der Waals surface area (Å²) in [7, 11) is 1.62. The van der Waals surface area contributed by atoms with Crippen molar-refractivity contribution in [2.75, 3.05) is 7.11 Å². The molecule has 0 fully saturated rings. The number of rotatable bonds is 3. The maximum atomic E-state index is 11.0. The summed E-state index contributed by atoms with van der Waals surface area (Å²) in [6.07, 6.45) is 4.38. The molecular formula is C15H16N2O3. The lowest BCUT2D eigenvalue weighted by Gasteiger charge is -2.20. The highest BCUT2D eigenvalue weighted by molar-refractivity contribution is 5.87. The number of aromatic carboxylic acids is 1. The number of aromatic amines is 1. The number of methoxy groups -OCH3 is 1. The zero-order valence-electron chi connectivity index (χ0n) is 11.3. The fourth-order valence-electron chi connectivity index (χ4n) is 2.82. The Morgan fingerprint density at radius 1 is 1.35 bits per heavy atom. The average molecular weight is 272 g/mol. The summed E-state index contributed by atoms with van der Waals surface area (Å²) in [5, 5.41) is 15.7. The molecule has 1 heterocycles. The highest BCUT2D eigenvalue weighted by atomic mass is 16.5. The highest BCUT2D eigenvalue weighted by Gasteiger charge is 2.21. The molecule has 2 aromatic rings. The first-order valence-electron chi connectivity index (χ1n) is 6.68. The number of aromatic nitrogens is 2. The molecule has 104 valence electrons. The van der Waals surface area contributed by atoms with Crippen LogP contribution in [0.2, 0.25) is 0 Å². The SMILES string of the molecule is COc1ccc2c(c1-c1cc(C(=O)O)[nH]n1)CCCC2. The van der Waals surface area contributed by atoms with Gasteiger partial charge in [0.05, 0.1) is 12.8 Å². The summed E-state index contributed by atoms with van der Waals surface area (Å²) in [5.41, 5.74) is 4.20. The Hall–Kier alpha value is -2.30. The number of nitrogens with zero attached hydrogens (tertiary/aromatic N) is 1. The highest BCUT2D eigenvalue weighted by Crippen LogP contribution is 2.37. The van der Waals surface area contributed by atoms with Crippen LogP contribution in [0.25, 0.3) is 11.3 Å². The molecule has 1 aliphatic carbocycles. The maximum absolute atomic E-state index is 11.0. The first-order valence-corrected chi connectivity index (χ1v) is 6.68. The minimum atomic E-state index is -1.01. The minimum absolute atomic E-state index is 0.0930. The fraction of sp³-hybridized carbons (Fsp3) is 0.333. The fourth-order valence-corrected chi connectivity index (χ4v) is 2.82. The van der Waals surface area contributed by atoms with Crippen LogP contribution in [0.3, 0.4) is 0 Å². The third-order valence-corrected chi connectivity index (χ3v) is 3.78. The Labute approximate surface area is 116 Å². The molecule has 1 aromatic carbocycles. The van der Waals surface area contributed by atoms with Crippen LogP contribution in [-0.2, 0) is 12.8 Å². The molecule has 1 aromatic heterocycles. The van der Waals surface area contributed by atoms with E-state index in [1.165, 1.54) is 17.5 Å². The van der Waals surface area contributed by atoms with Crippen LogP contribution in [0.15, 0.2) is 18.2 Å². The van der Waals surface area contributed by atoms with Crippen LogP contribution in [-0.4, -0.2) is 28.4 Å². The van der Waals surface area contributed by atoms with E-state index in [1.54, 1.807) is 13.2 Å². The van der Waals surface area contributed by atoms with Crippen molar-refractivity contribution in [3.8, 4) is 17.0 Å². The predicted molar refractivity (Wildman–Crippen MR) is 74.2 cm³/mol. The van der Waals surface area contributed by atoms with Crippen LogP contribution in [0.5, 0.6) is 5.75 Å². The van der Waals surface area contributed by atoms with Crippen molar-refractivity contribution in [1.82, 2.24) is 10.2 Å². The normalized spacial score (nSPS) is 13.8. The first kappa shape index (κ1) is 12.7. The molecule has 20 heavy (non-hydrogen) atoms. The zero-order chi connectivity index (χ0) is 14.1. The largest absolute Gasteiger partial charge is 0.496 e. The molecule has 0 aliphatic heterocycles. The van der Waals surface area contributed by atoms with Gasteiger partial charge in [-0.1, -0.05) is 6.07 Å². The summed E-state index contributed by atoms with van der Waals surface area (Å²) in [6.45, 7) is 0. The van der Waals surface area contributed by atoms with Gasteiger partial charge in [-0.2, -0.15) is 5.10 Å². The molecule has 5 heteroatoms. The van der Waals surface area contributed by atoms with E-state index in [9.17, 15) is 4.79 Å². The van der Waals surface area contributed by atoms with Crippen molar-refractivity contribution in [2.45, 2.75) is 25.7 Å². The number of benzene rings is 1. The predicted octanol–water partition coefficient (Wildman–Crippen LogP) is 2.66. The summed E-state index contributed by atoms with van der Waals surface area (Å²) < 4.78 is 5.43. The van der Waals surface area contributed by atoms with Crippen molar-refractivity contribution in [3.05, 3.63) is 35.0 Å². The standard InChI is InChI=1S/C15H16N2O3/c1-20-13-7-6-9-4-2-3-5-10(9)14(13)11-8-12(15(18)19)17-16-11/h6-8H,2-5H2,1H3,(H,16,17)(H,18,19). The van der Waals surface area contributed by atoms with Crippen molar-refractivity contribution in [2.24, 2.45) is 0 Å². The van der Waals surface area contributed by atoms with Gasteiger partial charge in [-0.3, -0.25) is 5.10 Å². The lowest BCUT2D eigenvalue weighted by atomic mass is 9.86. The second-order valence-electron chi connectivity index (χ2n) is 4.96. The number of carboxylic acid groups (broad SMARTS) is 1. The van der Waals surface area contributed by atoms with Crippen molar-refractivity contribution < 1.29 is 14.6 Å². The summed E-state index contributed by atoms with van der Waals surface area (Å²) >= 11 is 0. The van der Waals surface area contributed by atoms with Gasteiger partial charge in [-0.15, -0.1) is 0 Å². The van der Waals surface area contributed by atoms with Crippen molar-refractivity contribution in [1.29, 1.82) is 0 Å². The van der Waals surface area contributed by atoms with E-state index in [0.29, 0.717) is 5.69 Å². The third kappa shape index (κ3) is 2.05. The smallest absolute Gasteiger partial charge is 0.353 e. The van der Waals surface area contributed by atoms with Gasteiger partial charge < -0.3 is 9.84 Å². The Bertz CT molecular complexity index is 661. The van der Waals surface area contributed by atoms with Crippen LogP contribution in [0.1, 0.15) is 34.5 Å². The third-order valence-electron chi connectivity index (χ3n) is 3.78. The number of nitrogens with one attached hydrogen (secondary N) is 1. The number of carbonyl (C=O) groups is 1. The molecule has 5 nitrogen and oxygen atoms in total. The van der Waals surface area contributed by atoms with Gasteiger partial charge in [-0.25, -0.2) is 4.79 Å². The van der Waals surface area contributed by atoms with Crippen LogP contribution in [0, 0.1) is 0 Å². The van der Waals surface area contributed by atoms with Gasteiger partial charge in [0.25, 0.3) is 0 Å². The second kappa shape index (κ2) is 5.00. The van der Waals surface area contributed by atoms with E-state index in [-0.39, 0.29) is 5.69 Å². The molecule has 0 unspecified atom stereocenters. The van der Waals surface area contributed by atoms with Gasteiger partial charge in [0.2, 0.25) is 0 Å². The van der Waals surface area contributed by atoms with E-state index >= 15 is 0 Å². The lowest BCUT2D eigenvalue weighted by Crippen LogP contribution is -2.06. The topological polar surface area (TPSA) is 75.2 Å². The number of hydrogen-bond donors (Lipinski definition) is 2. The summed E-state index contributed by atoms with van der Waals surface area (Å²) in [5.74, 6) is -0.262. The minimum Gasteiger partial charge on any atom is -0.496 e. The Balaban J connectivity index is 2.17. The second-order valence-corrected chi connectivity index (χ2v) is 4.96. The van der Waals surface area contributed by atoms with Gasteiger partial charge in [-0.05, 0) is 48.9 Å². The quantitative estimate of drug-likeness (QED) is 0.900. The molecule has 0 bridgehead atoms. The van der Waals surface area contributed by atoms with Crippen LogP contribution in [0.4, 0.5) is 0 Å². The monoisotopic (exact) mass is 272 g/mol. The van der Waals surface area contributed by atoms with Crippen molar-refractivity contribution >= 4 is 5.97 Å². The van der Waals surface area contributed by atoms with Crippen molar-refractivity contribution in [3.63, 3.8) is 0 Å². The molecule has 3 rings (SSSR count). The summed E-state index contributed by atoms with van der Waals surface area (Å²) in [4.78, 5) is 11.0. The first-order chi connectivity index (χ1) is 9.70. The molecule has 2 N–H and O–H groups in total. The Morgan fingerprint density at radius 2 is 2.15 bits per heavy atom. The summed E-state index contributed by atoms with van der Waals surface area (Å²) in [6, 6.07) is 5.60. The number of hydrogen-bond acceptors (Lipinski definition) is 3. The number of carboxylic acids is 1. The number of ether oxygens (including phenoxy) is 1. The van der Waals surface area contributed by atoms with Gasteiger partial charge in [0, 0.05) is 5.56 Å². The molecule has 0 spiro atoms. The van der Waals surface area contributed by atoms with E-state index < -0.39 is 5.97 Å². The lowest BCUT2D eigenvalue weighted by molar-refractivity contribution is 0.0690. The zero-order valence-corrected chi connectivity index (χ0v) is 11.3. The average Bonchev–Trinajstić information content (AvgIpc) is 2.95. The van der Waals surface area contributed by atoms with E-state index in [1.807, 2.05) is 6.07 Å². The molecule has 0 saturated heterocycles. The van der Waals surface area contributed by atoms with E-state index in [4.69, 9.17) is 9.84 Å².